The van der Waals surface area contributed by atoms with E-state index in [0.29, 0.717) is 0 Å². The Hall–Kier alpha value is -1.01. The van der Waals surface area contributed by atoms with Crippen LogP contribution < -0.4 is 5.32 Å². The molecular formula is C9H9BrN4S. The first kappa shape index (κ1) is 10.5. The highest BCUT2D eigenvalue weighted by atomic mass is 79.9. The van der Waals surface area contributed by atoms with Crippen LogP contribution in [0.3, 0.4) is 0 Å². The number of halogens is 1. The van der Waals surface area contributed by atoms with Gasteiger partial charge in [-0.3, -0.25) is 0 Å². The molecule has 0 bridgehead atoms. The summed E-state index contributed by atoms with van der Waals surface area (Å²) in [7, 11) is 0. The zero-order chi connectivity index (χ0) is 10.8. The largest absolute Gasteiger partial charge is 0.315 e. The molecule has 0 spiro atoms. The quantitative estimate of drug-likeness (QED) is 0.921. The number of pyridine rings is 1. The van der Waals surface area contributed by atoms with Gasteiger partial charge in [0.25, 0.3) is 0 Å². The minimum Gasteiger partial charge on any atom is -0.315 e. The minimum absolute atomic E-state index is 0.765. The van der Waals surface area contributed by atoms with Crippen molar-refractivity contribution in [2.24, 2.45) is 0 Å². The fraction of sp³-hybridized carbons (Fsp3) is 0.222. The van der Waals surface area contributed by atoms with Crippen LogP contribution >= 0.6 is 27.5 Å². The summed E-state index contributed by atoms with van der Waals surface area (Å²) in [6, 6.07) is 1.96. The summed E-state index contributed by atoms with van der Waals surface area (Å²) in [4.78, 5) is 8.43. The van der Waals surface area contributed by atoms with Crippen molar-refractivity contribution >= 4 is 38.4 Å². The number of aromatic nitrogens is 3. The Morgan fingerprint density at radius 1 is 1.40 bits per heavy atom. The Morgan fingerprint density at radius 3 is 2.80 bits per heavy atom. The van der Waals surface area contributed by atoms with Crippen LogP contribution in [0, 0.1) is 13.8 Å². The van der Waals surface area contributed by atoms with Gasteiger partial charge >= 0.3 is 0 Å². The first-order valence-corrected chi connectivity index (χ1v) is 5.91. The van der Waals surface area contributed by atoms with Crippen LogP contribution in [-0.2, 0) is 0 Å². The Bertz CT molecular complexity index is 483. The van der Waals surface area contributed by atoms with E-state index >= 15 is 0 Å². The molecule has 4 nitrogen and oxygen atoms in total. The second-order valence-electron chi connectivity index (χ2n) is 3.09. The van der Waals surface area contributed by atoms with Crippen molar-refractivity contribution in [3.63, 3.8) is 0 Å². The van der Waals surface area contributed by atoms with E-state index in [1.54, 1.807) is 6.20 Å². The number of hydrogen-bond acceptors (Lipinski definition) is 5. The molecule has 0 aromatic carbocycles. The van der Waals surface area contributed by atoms with E-state index in [1.807, 2.05) is 19.9 Å². The fourth-order valence-corrected chi connectivity index (χ4v) is 1.86. The summed E-state index contributed by atoms with van der Waals surface area (Å²) >= 11 is 4.73. The maximum absolute atomic E-state index is 4.22. The summed E-state index contributed by atoms with van der Waals surface area (Å²) in [6.45, 7) is 3.88. The molecule has 0 aliphatic carbocycles. The van der Waals surface area contributed by atoms with E-state index in [9.17, 15) is 0 Å². The van der Waals surface area contributed by atoms with Crippen molar-refractivity contribution in [1.29, 1.82) is 0 Å². The molecule has 2 heterocycles. The van der Waals surface area contributed by atoms with Crippen LogP contribution in [0.15, 0.2) is 16.7 Å². The molecule has 0 unspecified atom stereocenters. The summed E-state index contributed by atoms with van der Waals surface area (Å²) < 4.78 is 5.09. The van der Waals surface area contributed by atoms with Gasteiger partial charge in [0.1, 0.15) is 11.6 Å². The maximum Gasteiger partial charge on any atom is 0.208 e. The van der Waals surface area contributed by atoms with Gasteiger partial charge in [0, 0.05) is 22.2 Å². The highest BCUT2D eigenvalue weighted by Crippen LogP contribution is 2.21. The second-order valence-corrected chi connectivity index (χ2v) is 4.70. The van der Waals surface area contributed by atoms with E-state index in [4.69, 9.17) is 0 Å². The number of nitrogens with one attached hydrogen (secondary N) is 1. The Labute approximate surface area is 100 Å². The SMILES string of the molecule is Cc1nsc(Nc2cc(C)c(Br)cn2)n1. The third kappa shape index (κ3) is 2.51. The smallest absolute Gasteiger partial charge is 0.208 e. The van der Waals surface area contributed by atoms with E-state index in [-0.39, 0.29) is 0 Å². The fourth-order valence-electron chi connectivity index (χ4n) is 1.07. The third-order valence-corrected chi connectivity index (χ3v) is 3.36. The predicted molar refractivity (Wildman–Crippen MR) is 64.6 cm³/mol. The number of rotatable bonds is 2. The highest BCUT2D eigenvalue weighted by Gasteiger charge is 2.02. The standard InChI is InChI=1S/C9H9BrN4S/c1-5-3-8(11-4-7(5)10)13-9-12-6(2)14-15-9/h3-4H,1-2H3,(H,11,12,13,14). The van der Waals surface area contributed by atoms with Gasteiger partial charge in [-0.15, -0.1) is 0 Å². The molecule has 0 saturated heterocycles. The summed E-state index contributed by atoms with van der Waals surface area (Å²) in [5.74, 6) is 1.56. The average molecular weight is 285 g/mol. The highest BCUT2D eigenvalue weighted by molar-refractivity contribution is 9.10. The number of aryl methyl sites for hydroxylation is 2. The van der Waals surface area contributed by atoms with Gasteiger partial charge in [-0.1, -0.05) is 0 Å². The molecule has 0 atom stereocenters. The molecule has 0 aliphatic heterocycles. The molecule has 0 saturated carbocycles. The van der Waals surface area contributed by atoms with E-state index in [1.165, 1.54) is 11.5 Å². The first-order chi connectivity index (χ1) is 7.15. The Kier molecular flexibility index (Phi) is 2.97. The molecule has 0 amide bonds. The number of nitrogens with zero attached hydrogens (tertiary/aromatic N) is 3. The van der Waals surface area contributed by atoms with Gasteiger partial charge < -0.3 is 5.32 Å². The van der Waals surface area contributed by atoms with Crippen LogP contribution in [0.5, 0.6) is 0 Å². The lowest BCUT2D eigenvalue weighted by atomic mass is 10.3. The topological polar surface area (TPSA) is 50.7 Å². The average Bonchev–Trinajstić information content (AvgIpc) is 2.58. The van der Waals surface area contributed by atoms with Crippen LogP contribution in [0.25, 0.3) is 0 Å². The lowest BCUT2D eigenvalue weighted by Gasteiger charge is -2.02. The van der Waals surface area contributed by atoms with Crippen LogP contribution in [0.1, 0.15) is 11.4 Å². The van der Waals surface area contributed by atoms with Crippen molar-refractivity contribution in [2.75, 3.05) is 5.32 Å². The molecule has 2 aromatic heterocycles. The number of hydrogen-bond donors (Lipinski definition) is 1. The monoisotopic (exact) mass is 284 g/mol. The van der Waals surface area contributed by atoms with Gasteiger partial charge in [0.15, 0.2) is 0 Å². The molecule has 0 aliphatic rings. The molecule has 15 heavy (non-hydrogen) atoms. The van der Waals surface area contributed by atoms with Gasteiger partial charge in [-0.25, -0.2) is 9.97 Å². The molecule has 2 aromatic rings. The van der Waals surface area contributed by atoms with Crippen LogP contribution in [0.2, 0.25) is 0 Å². The lowest BCUT2D eigenvalue weighted by molar-refractivity contribution is 1.16. The maximum atomic E-state index is 4.22. The van der Waals surface area contributed by atoms with Gasteiger partial charge in [0.05, 0.1) is 0 Å². The molecule has 6 heteroatoms. The zero-order valence-corrected chi connectivity index (χ0v) is 10.7. The molecule has 0 radical (unpaired) electrons. The van der Waals surface area contributed by atoms with E-state index in [0.717, 1.165) is 26.8 Å². The van der Waals surface area contributed by atoms with Crippen LogP contribution in [0.4, 0.5) is 10.9 Å². The Balaban J connectivity index is 2.21. The molecule has 78 valence electrons. The predicted octanol–water partition coefficient (Wildman–Crippen LogP) is 3.06. The summed E-state index contributed by atoms with van der Waals surface area (Å²) in [5.41, 5.74) is 1.13. The van der Waals surface area contributed by atoms with Gasteiger partial charge in [0.2, 0.25) is 5.13 Å². The third-order valence-electron chi connectivity index (χ3n) is 1.81. The normalized spacial score (nSPS) is 10.3. The van der Waals surface area contributed by atoms with E-state index < -0.39 is 0 Å². The lowest BCUT2D eigenvalue weighted by Crippen LogP contribution is -1.93. The van der Waals surface area contributed by atoms with Crippen LogP contribution in [-0.4, -0.2) is 14.3 Å². The summed E-state index contributed by atoms with van der Waals surface area (Å²) in [6.07, 6.45) is 1.77. The number of anilines is 2. The molecule has 1 N–H and O–H groups in total. The molecule has 0 fully saturated rings. The van der Waals surface area contributed by atoms with Crippen molar-refractivity contribution < 1.29 is 0 Å². The molecular weight excluding hydrogens is 276 g/mol. The van der Waals surface area contributed by atoms with E-state index in [2.05, 4.69) is 35.6 Å². The van der Waals surface area contributed by atoms with Gasteiger partial charge in [-0.05, 0) is 41.4 Å². The minimum atomic E-state index is 0.765. The first-order valence-electron chi connectivity index (χ1n) is 4.34. The zero-order valence-electron chi connectivity index (χ0n) is 8.28. The van der Waals surface area contributed by atoms with Crippen molar-refractivity contribution in [3.05, 3.63) is 28.1 Å². The van der Waals surface area contributed by atoms with Gasteiger partial charge in [-0.2, -0.15) is 4.37 Å². The second kappa shape index (κ2) is 4.24. The van der Waals surface area contributed by atoms with Crippen molar-refractivity contribution in [3.8, 4) is 0 Å². The summed E-state index contributed by atoms with van der Waals surface area (Å²) in [5, 5.41) is 3.87. The van der Waals surface area contributed by atoms with Crippen molar-refractivity contribution in [2.45, 2.75) is 13.8 Å². The van der Waals surface area contributed by atoms with Crippen molar-refractivity contribution in [1.82, 2.24) is 14.3 Å². The molecule has 2 rings (SSSR count). The Morgan fingerprint density at radius 2 is 2.20 bits per heavy atom.